The van der Waals surface area contributed by atoms with E-state index in [9.17, 15) is 18.0 Å². The van der Waals surface area contributed by atoms with E-state index in [4.69, 9.17) is 16.3 Å². The third-order valence-electron chi connectivity index (χ3n) is 5.47. The standard InChI is InChI=1S/C24H32ClN3O5S/c1-6-17(2)26-24(30)18(3)27(15-19-10-8-7-9-11-19)23(29)16-28(34(5,31)32)20-12-13-22(33-4)21(25)14-20/h7-14,17-18H,6,15-16H2,1-5H3,(H,26,30)/t17-,18-/m1/s1. The third-order valence-corrected chi connectivity index (χ3v) is 6.90. The number of nitrogens with zero attached hydrogens (tertiary/aromatic N) is 2. The molecule has 0 aliphatic heterocycles. The quantitative estimate of drug-likeness (QED) is 0.500. The zero-order chi connectivity index (χ0) is 25.5. The molecular formula is C24H32ClN3O5S. The lowest BCUT2D eigenvalue weighted by atomic mass is 10.1. The minimum atomic E-state index is -3.84. The maximum Gasteiger partial charge on any atom is 0.244 e. The van der Waals surface area contributed by atoms with E-state index in [0.29, 0.717) is 5.75 Å². The Hall–Kier alpha value is -2.78. The lowest BCUT2D eigenvalue weighted by Crippen LogP contribution is -2.52. The van der Waals surface area contributed by atoms with Gasteiger partial charge in [-0.25, -0.2) is 8.42 Å². The molecule has 0 saturated carbocycles. The summed E-state index contributed by atoms with van der Waals surface area (Å²) in [5, 5.41) is 3.10. The minimum Gasteiger partial charge on any atom is -0.495 e. The van der Waals surface area contributed by atoms with Crippen molar-refractivity contribution >= 4 is 39.1 Å². The van der Waals surface area contributed by atoms with Gasteiger partial charge in [-0.15, -0.1) is 0 Å². The molecule has 0 saturated heterocycles. The number of anilines is 1. The topological polar surface area (TPSA) is 96.0 Å². The van der Waals surface area contributed by atoms with Crippen molar-refractivity contribution in [1.82, 2.24) is 10.2 Å². The van der Waals surface area contributed by atoms with Crippen LogP contribution < -0.4 is 14.4 Å². The Bertz CT molecular complexity index is 1100. The smallest absolute Gasteiger partial charge is 0.244 e. The summed E-state index contributed by atoms with van der Waals surface area (Å²) in [5.41, 5.74) is 1.04. The Morgan fingerprint density at radius 1 is 1.12 bits per heavy atom. The van der Waals surface area contributed by atoms with Gasteiger partial charge in [-0.1, -0.05) is 48.9 Å². The van der Waals surface area contributed by atoms with Crippen LogP contribution in [0.5, 0.6) is 5.75 Å². The molecule has 0 radical (unpaired) electrons. The first-order chi connectivity index (χ1) is 16.0. The molecule has 0 unspecified atom stereocenters. The summed E-state index contributed by atoms with van der Waals surface area (Å²) in [5.74, 6) is -0.448. The van der Waals surface area contributed by atoms with Gasteiger partial charge in [0.1, 0.15) is 18.3 Å². The Balaban J connectivity index is 2.38. The van der Waals surface area contributed by atoms with Gasteiger partial charge in [0, 0.05) is 12.6 Å². The molecule has 10 heteroatoms. The molecule has 0 bridgehead atoms. The number of rotatable bonds is 11. The molecule has 8 nitrogen and oxygen atoms in total. The SMILES string of the molecule is CC[C@@H](C)NC(=O)[C@@H](C)N(Cc1ccccc1)C(=O)CN(c1ccc(OC)c(Cl)c1)S(C)(=O)=O. The molecule has 0 heterocycles. The summed E-state index contributed by atoms with van der Waals surface area (Å²) < 4.78 is 31.3. The van der Waals surface area contributed by atoms with E-state index < -0.39 is 28.5 Å². The van der Waals surface area contributed by atoms with Gasteiger partial charge in [-0.3, -0.25) is 13.9 Å². The Kier molecular flexibility index (Phi) is 9.76. The van der Waals surface area contributed by atoms with Crippen molar-refractivity contribution in [2.45, 2.75) is 45.8 Å². The van der Waals surface area contributed by atoms with Gasteiger partial charge in [0.05, 0.1) is 24.1 Å². The Morgan fingerprint density at radius 3 is 2.29 bits per heavy atom. The molecule has 2 aromatic rings. The largest absolute Gasteiger partial charge is 0.495 e. The average Bonchev–Trinajstić information content (AvgIpc) is 2.80. The van der Waals surface area contributed by atoms with Crippen molar-refractivity contribution in [3.05, 3.63) is 59.1 Å². The Morgan fingerprint density at radius 2 is 1.76 bits per heavy atom. The van der Waals surface area contributed by atoms with Gasteiger partial charge in [0.2, 0.25) is 21.8 Å². The third kappa shape index (κ3) is 7.36. The molecule has 1 N–H and O–H groups in total. The van der Waals surface area contributed by atoms with E-state index in [1.165, 1.54) is 30.2 Å². The molecule has 2 aromatic carbocycles. The Labute approximate surface area is 206 Å². The van der Waals surface area contributed by atoms with Crippen LogP contribution in [0.1, 0.15) is 32.8 Å². The first-order valence-corrected chi connectivity index (χ1v) is 13.2. The molecule has 2 atom stereocenters. The van der Waals surface area contributed by atoms with Crippen molar-refractivity contribution < 1.29 is 22.7 Å². The highest BCUT2D eigenvalue weighted by molar-refractivity contribution is 7.92. The molecule has 0 aliphatic carbocycles. The van der Waals surface area contributed by atoms with Crippen molar-refractivity contribution in [3.63, 3.8) is 0 Å². The lowest BCUT2D eigenvalue weighted by molar-refractivity contribution is -0.139. The number of hydrogen-bond donors (Lipinski definition) is 1. The van der Waals surface area contributed by atoms with Crippen LogP contribution in [-0.2, 0) is 26.2 Å². The number of methoxy groups -OCH3 is 1. The fourth-order valence-electron chi connectivity index (χ4n) is 3.25. The fourth-order valence-corrected chi connectivity index (χ4v) is 4.35. The van der Waals surface area contributed by atoms with E-state index in [-0.39, 0.29) is 29.2 Å². The predicted molar refractivity (Wildman–Crippen MR) is 135 cm³/mol. The normalized spacial score (nSPS) is 13.0. The van der Waals surface area contributed by atoms with Crippen LogP contribution in [0.25, 0.3) is 0 Å². The summed E-state index contributed by atoms with van der Waals surface area (Å²) in [6, 6.07) is 12.8. The van der Waals surface area contributed by atoms with E-state index in [2.05, 4.69) is 5.32 Å². The van der Waals surface area contributed by atoms with Gasteiger partial charge in [-0.2, -0.15) is 0 Å². The van der Waals surface area contributed by atoms with Crippen LogP contribution in [0, 0.1) is 0 Å². The average molecular weight is 510 g/mol. The number of carbonyl (C=O) groups is 2. The predicted octanol–water partition coefficient (Wildman–Crippen LogP) is 3.45. The number of nitrogens with one attached hydrogen (secondary N) is 1. The molecule has 0 aliphatic rings. The zero-order valence-corrected chi connectivity index (χ0v) is 21.7. The van der Waals surface area contributed by atoms with Gasteiger partial charge in [0.15, 0.2) is 0 Å². The van der Waals surface area contributed by atoms with Crippen LogP contribution in [-0.4, -0.2) is 57.1 Å². The van der Waals surface area contributed by atoms with Crippen molar-refractivity contribution in [2.24, 2.45) is 0 Å². The molecule has 0 fully saturated rings. The molecule has 186 valence electrons. The van der Waals surface area contributed by atoms with Crippen LogP contribution in [0.4, 0.5) is 5.69 Å². The summed E-state index contributed by atoms with van der Waals surface area (Å²) >= 11 is 6.19. The first kappa shape index (κ1) is 27.5. The van der Waals surface area contributed by atoms with E-state index in [1.807, 2.05) is 44.2 Å². The highest BCUT2D eigenvalue weighted by Gasteiger charge is 2.30. The summed E-state index contributed by atoms with van der Waals surface area (Å²) in [7, 11) is -2.39. The van der Waals surface area contributed by atoms with Crippen molar-refractivity contribution in [3.8, 4) is 5.75 Å². The number of benzene rings is 2. The molecule has 0 aromatic heterocycles. The fraction of sp³-hybridized carbons (Fsp3) is 0.417. The zero-order valence-electron chi connectivity index (χ0n) is 20.1. The maximum absolute atomic E-state index is 13.5. The van der Waals surface area contributed by atoms with Gasteiger partial charge in [-0.05, 0) is 44.0 Å². The summed E-state index contributed by atoms with van der Waals surface area (Å²) in [4.78, 5) is 27.7. The van der Waals surface area contributed by atoms with Gasteiger partial charge in [0.25, 0.3) is 0 Å². The maximum atomic E-state index is 13.5. The molecule has 34 heavy (non-hydrogen) atoms. The van der Waals surface area contributed by atoms with Crippen LogP contribution >= 0.6 is 11.6 Å². The van der Waals surface area contributed by atoms with Crippen molar-refractivity contribution in [1.29, 1.82) is 0 Å². The second-order valence-electron chi connectivity index (χ2n) is 8.09. The molecule has 2 amide bonds. The monoisotopic (exact) mass is 509 g/mol. The van der Waals surface area contributed by atoms with Gasteiger partial charge < -0.3 is 15.0 Å². The first-order valence-electron chi connectivity index (χ1n) is 10.9. The number of ether oxygens (including phenoxy) is 1. The van der Waals surface area contributed by atoms with Gasteiger partial charge >= 0.3 is 0 Å². The van der Waals surface area contributed by atoms with Crippen LogP contribution in [0.15, 0.2) is 48.5 Å². The number of sulfonamides is 1. The molecular weight excluding hydrogens is 478 g/mol. The second kappa shape index (κ2) is 12.1. The van der Waals surface area contributed by atoms with Crippen LogP contribution in [0.3, 0.4) is 0 Å². The molecule has 2 rings (SSSR count). The highest BCUT2D eigenvalue weighted by atomic mass is 35.5. The number of amides is 2. The second-order valence-corrected chi connectivity index (χ2v) is 10.4. The minimum absolute atomic E-state index is 0.0578. The lowest BCUT2D eigenvalue weighted by Gasteiger charge is -2.32. The number of carbonyl (C=O) groups excluding carboxylic acids is 2. The van der Waals surface area contributed by atoms with Crippen LogP contribution in [0.2, 0.25) is 5.02 Å². The highest BCUT2D eigenvalue weighted by Crippen LogP contribution is 2.30. The number of halogens is 1. The summed E-state index contributed by atoms with van der Waals surface area (Å²) in [6.07, 6.45) is 1.75. The van der Waals surface area contributed by atoms with Crippen molar-refractivity contribution in [2.75, 3.05) is 24.2 Å². The molecule has 0 spiro atoms. The van der Waals surface area contributed by atoms with E-state index >= 15 is 0 Å². The van der Waals surface area contributed by atoms with E-state index in [1.54, 1.807) is 6.92 Å². The number of hydrogen-bond acceptors (Lipinski definition) is 5. The summed E-state index contributed by atoms with van der Waals surface area (Å²) in [6.45, 7) is 5.12. The van der Waals surface area contributed by atoms with E-state index in [0.717, 1.165) is 22.5 Å².